The Kier molecular flexibility index (Phi) is 10.1. The van der Waals surface area contributed by atoms with Crippen LogP contribution in [0.5, 0.6) is 0 Å². The van der Waals surface area contributed by atoms with Crippen molar-refractivity contribution in [1.82, 2.24) is 5.32 Å². The van der Waals surface area contributed by atoms with Crippen molar-refractivity contribution in [2.45, 2.75) is 78.6 Å². The first-order valence-corrected chi connectivity index (χ1v) is 8.02. The average Bonchev–Trinajstić information content (AvgIpc) is 2.44. The molecule has 4 nitrogen and oxygen atoms in total. The highest BCUT2D eigenvalue weighted by Crippen LogP contribution is 2.25. The van der Waals surface area contributed by atoms with Gasteiger partial charge in [0.05, 0.1) is 5.41 Å². The van der Waals surface area contributed by atoms with Crippen molar-refractivity contribution in [2.75, 3.05) is 6.54 Å². The number of hydrogen-bond acceptors (Lipinski definition) is 2. The van der Waals surface area contributed by atoms with Gasteiger partial charge in [0.2, 0.25) is 5.91 Å². The summed E-state index contributed by atoms with van der Waals surface area (Å²) in [5, 5.41) is 12.1. The lowest BCUT2D eigenvalue weighted by atomic mass is 9.82. The van der Waals surface area contributed by atoms with Crippen LogP contribution in [0.25, 0.3) is 0 Å². The molecule has 0 unspecified atom stereocenters. The SMILES string of the molecule is CCCCCCCCC(=O)NCC(CC)(CC)C(=O)O. The molecule has 0 spiro atoms. The Morgan fingerprint density at radius 1 is 0.950 bits per heavy atom. The molecule has 4 heteroatoms. The standard InChI is InChI=1S/C16H31NO3/c1-4-7-8-9-10-11-12-14(18)17-13-16(5-2,6-3)15(19)20/h4-13H2,1-3H3,(H,17,18)(H,19,20). The second kappa shape index (κ2) is 10.7. The van der Waals surface area contributed by atoms with E-state index in [0.29, 0.717) is 19.3 Å². The lowest BCUT2D eigenvalue weighted by molar-refractivity contribution is -0.149. The third-order valence-corrected chi connectivity index (χ3v) is 4.19. The average molecular weight is 285 g/mol. The predicted octanol–water partition coefficient (Wildman–Crippen LogP) is 3.74. The highest BCUT2D eigenvalue weighted by atomic mass is 16.4. The van der Waals surface area contributed by atoms with Crippen molar-refractivity contribution in [3.05, 3.63) is 0 Å². The Labute approximate surface area is 123 Å². The molecule has 0 aromatic carbocycles. The topological polar surface area (TPSA) is 66.4 Å². The monoisotopic (exact) mass is 285 g/mol. The van der Waals surface area contributed by atoms with E-state index in [2.05, 4.69) is 12.2 Å². The first-order chi connectivity index (χ1) is 9.52. The molecule has 0 aromatic heterocycles. The fourth-order valence-corrected chi connectivity index (χ4v) is 2.30. The van der Waals surface area contributed by atoms with Gasteiger partial charge in [-0.05, 0) is 19.3 Å². The zero-order valence-corrected chi connectivity index (χ0v) is 13.3. The minimum absolute atomic E-state index is 0.0204. The molecule has 0 rings (SSSR count). The number of unbranched alkanes of at least 4 members (excludes halogenated alkanes) is 5. The summed E-state index contributed by atoms with van der Waals surface area (Å²) in [6, 6.07) is 0. The summed E-state index contributed by atoms with van der Waals surface area (Å²) in [5.74, 6) is -0.838. The molecule has 0 saturated carbocycles. The molecule has 0 atom stereocenters. The maximum atomic E-state index is 11.7. The quantitative estimate of drug-likeness (QED) is 0.537. The Morgan fingerprint density at radius 2 is 1.50 bits per heavy atom. The van der Waals surface area contributed by atoms with Gasteiger partial charge in [-0.25, -0.2) is 0 Å². The number of carbonyl (C=O) groups is 2. The van der Waals surface area contributed by atoms with Crippen LogP contribution < -0.4 is 5.32 Å². The van der Waals surface area contributed by atoms with Gasteiger partial charge in [0.25, 0.3) is 0 Å². The summed E-state index contributed by atoms with van der Waals surface area (Å²) in [4.78, 5) is 23.0. The first-order valence-electron chi connectivity index (χ1n) is 8.02. The van der Waals surface area contributed by atoms with Gasteiger partial charge in [0.15, 0.2) is 0 Å². The van der Waals surface area contributed by atoms with Crippen molar-refractivity contribution >= 4 is 11.9 Å². The minimum Gasteiger partial charge on any atom is -0.481 e. The largest absolute Gasteiger partial charge is 0.481 e. The van der Waals surface area contributed by atoms with E-state index in [1.807, 2.05) is 13.8 Å². The van der Waals surface area contributed by atoms with Gasteiger partial charge in [-0.3, -0.25) is 9.59 Å². The molecule has 0 fully saturated rings. The van der Waals surface area contributed by atoms with Gasteiger partial charge in [0.1, 0.15) is 0 Å². The van der Waals surface area contributed by atoms with Gasteiger partial charge in [-0.1, -0.05) is 52.9 Å². The summed E-state index contributed by atoms with van der Waals surface area (Å²) in [6.07, 6.45) is 8.48. The normalized spacial score (nSPS) is 11.3. The van der Waals surface area contributed by atoms with Crippen molar-refractivity contribution in [2.24, 2.45) is 5.41 Å². The molecule has 0 aromatic rings. The van der Waals surface area contributed by atoms with Crippen LogP contribution in [0, 0.1) is 5.41 Å². The summed E-state index contributed by atoms with van der Waals surface area (Å²) in [6.45, 7) is 6.14. The van der Waals surface area contributed by atoms with Crippen LogP contribution in [0.15, 0.2) is 0 Å². The van der Waals surface area contributed by atoms with Crippen molar-refractivity contribution in [1.29, 1.82) is 0 Å². The fourth-order valence-electron chi connectivity index (χ4n) is 2.30. The molecule has 0 bridgehead atoms. The fraction of sp³-hybridized carbons (Fsp3) is 0.875. The number of aliphatic carboxylic acids is 1. The number of carbonyl (C=O) groups excluding carboxylic acids is 1. The second-order valence-electron chi connectivity index (χ2n) is 5.59. The first kappa shape index (κ1) is 18.9. The van der Waals surface area contributed by atoms with Crippen LogP contribution in [-0.2, 0) is 9.59 Å². The van der Waals surface area contributed by atoms with Crippen molar-refractivity contribution in [3.8, 4) is 0 Å². The van der Waals surface area contributed by atoms with E-state index < -0.39 is 11.4 Å². The molecular weight excluding hydrogens is 254 g/mol. The van der Waals surface area contributed by atoms with E-state index >= 15 is 0 Å². The molecule has 0 radical (unpaired) electrons. The summed E-state index contributed by atoms with van der Waals surface area (Å²) < 4.78 is 0. The third-order valence-electron chi connectivity index (χ3n) is 4.19. The Hall–Kier alpha value is -1.06. The molecule has 2 N–H and O–H groups in total. The molecule has 0 aliphatic rings. The van der Waals surface area contributed by atoms with Gasteiger partial charge in [0, 0.05) is 13.0 Å². The van der Waals surface area contributed by atoms with Gasteiger partial charge < -0.3 is 10.4 Å². The molecule has 1 amide bonds. The van der Waals surface area contributed by atoms with Crippen LogP contribution in [0.1, 0.15) is 78.6 Å². The summed E-state index contributed by atoms with van der Waals surface area (Å²) >= 11 is 0. The highest BCUT2D eigenvalue weighted by molar-refractivity contribution is 5.79. The number of carboxylic acids is 1. The molecule has 0 saturated heterocycles. The van der Waals surface area contributed by atoms with E-state index in [0.717, 1.165) is 12.8 Å². The number of nitrogens with one attached hydrogen (secondary N) is 1. The van der Waals surface area contributed by atoms with E-state index in [1.54, 1.807) is 0 Å². The number of rotatable bonds is 12. The van der Waals surface area contributed by atoms with E-state index in [-0.39, 0.29) is 12.5 Å². The second-order valence-corrected chi connectivity index (χ2v) is 5.59. The summed E-state index contributed by atoms with van der Waals surface area (Å²) in [7, 11) is 0. The summed E-state index contributed by atoms with van der Waals surface area (Å²) in [5.41, 5.74) is -0.809. The van der Waals surface area contributed by atoms with Crippen LogP contribution >= 0.6 is 0 Å². The number of amides is 1. The van der Waals surface area contributed by atoms with Crippen LogP contribution in [0.3, 0.4) is 0 Å². The van der Waals surface area contributed by atoms with Crippen molar-refractivity contribution in [3.63, 3.8) is 0 Å². The smallest absolute Gasteiger partial charge is 0.311 e. The van der Waals surface area contributed by atoms with Crippen molar-refractivity contribution < 1.29 is 14.7 Å². The number of hydrogen-bond donors (Lipinski definition) is 2. The Bertz CT molecular complexity index is 285. The van der Waals surface area contributed by atoms with Crippen LogP contribution in [0.4, 0.5) is 0 Å². The molecule has 0 aliphatic carbocycles. The lowest BCUT2D eigenvalue weighted by Gasteiger charge is -2.26. The zero-order chi connectivity index (χ0) is 15.4. The van der Waals surface area contributed by atoms with Gasteiger partial charge in [-0.15, -0.1) is 0 Å². The van der Waals surface area contributed by atoms with E-state index in [1.165, 1.54) is 25.7 Å². The predicted molar refractivity (Wildman–Crippen MR) is 81.7 cm³/mol. The Morgan fingerprint density at radius 3 is 2.00 bits per heavy atom. The molecule has 118 valence electrons. The van der Waals surface area contributed by atoms with E-state index in [4.69, 9.17) is 0 Å². The van der Waals surface area contributed by atoms with Crippen LogP contribution in [0.2, 0.25) is 0 Å². The van der Waals surface area contributed by atoms with Gasteiger partial charge in [-0.2, -0.15) is 0 Å². The van der Waals surface area contributed by atoms with E-state index in [9.17, 15) is 14.7 Å². The molecular formula is C16H31NO3. The molecule has 0 aliphatic heterocycles. The van der Waals surface area contributed by atoms with Gasteiger partial charge >= 0.3 is 5.97 Å². The lowest BCUT2D eigenvalue weighted by Crippen LogP contribution is -2.42. The maximum Gasteiger partial charge on any atom is 0.311 e. The maximum absolute atomic E-state index is 11.7. The van der Waals surface area contributed by atoms with Crippen LogP contribution in [-0.4, -0.2) is 23.5 Å². The number of carboxylic acid groups (broad SMARTS) is 1. The molecule has 0 heterocycles. The zero-order valence-electron chi connectivity index (χ0n) is 13.3. The minimum atomic E-state index is -0.817. The molecule has 20 heavy (non-hydrogen) atoms. The Balaban J connectivity index is 3.89. The third kappa shape index (κ3) is 6.92. The highest BCUT2D eigenvalue weighted by Gasteiger charge is 2.34.